The van der Waals surface area contributed by atoms with Gasteiger partial charge >= 0.3 is 0 Å². The first kappa shape index (κ1) is 9.47. The lowest BCUT2D eigenvalue weighted by Crippen LogP contribution is -2.15. The Morgan fingerprint density at radius 3 is 2.92 bits per heavy atom. The number of hydrogen-bond acceptors (Lipinski definition) is 2. The van der Waals surface area contributed by atoms with Gasteiger partial charge in [0.25, 0.3) is 0 Å². The van der Waals surface area contributed by atoms with Crippen LogP contribution in [0.1, 0.15) is 33.1 Å². The second-order valence-corrected chi connectivity index (χ2v) is 4.76. The van der Waals surface area contributed by atoms with E-state index in [1.165, 1.54) is 19.3 Å². The molecule has 2 saturated heterocycles. The smallest absolute Gasteiger partial charge is 0.160 e. The highest BCUT2D eigenvalue weighted by Crippen LogP contribution is 2.38. The van der Waals surface area contributed by atoms with Crippen LogP contribution in [0, 0.1) is 17.8 Å². The topological polar surface area (TPSA) is 18.5 Å². The summed E-state index contributed by atoms with van der Waals surface area (Å²) in [7, 11) is 0. The average Bonchev–Trinajstić information content (AvgIpc) is 2.60. The SMILES string of the molecule is CC(C)CCC1COC2OCCC12. The van der Waals surface area contributed by atoms with Crippen LogP contribution in [0.2, 0.25) is 0 Å². The summed E-state index contributed by atoms with van der Waals surface area (Å²) in [5, 5.41) is 0. The minimum atomic E-state index is 0.150. The van der Waals surface area contributed by atoms with Crippen molar-refractivity contribution in [2.24, 2.45) is 17.8 Å². The van der Waals surface area contributed by atoms with E-state index in [-0.39, 0.29) is 6.29 Å². The van der Waals surface area contributed by atoms with Crippen LogP contribution < -0.4 is 0 Å². The summed E-state index contributed by atoms with van der Waals surface area (Å²) in [5.41, 5.74) is 0. The van der Waals surface area contributed by atoms with E-state index in [4.69, 9.17) is 9.47 Å². The molecule has 2 aliphatic heterocycles. The van der Waals surface area contributed by atoms with Gasteiger partial charge in [0.15, 0.2) is 6.29 Å². The van der Waals surface area contributed by atoms with E-state index in [9.17, 15) is 0 Å². The molecule has 3 unspecified atom stereocenters. The highest BCUT2D eigenvalue weighted by atomic mass is 16.7. The number of rotatable bonds is 3. The molecule has 2 rings (SSSR count). The Kier molecular flexibility index (Phi) is 2.89. The highest BCUT2D eigenvalue weighted by molar-refractivity contribution is 4.82. The Balaban J connectivity index is 1.80. The molecule has 2 aliphatic rings. The van der Waals surface area contributed by atoms with Crippen LogP contribution >= 0.6 is 0 Å². The van der Waals surface area contributed by atoms with Gasteiger partial charge < -0.3 is 9.47 Å². The summed E-state index contributed by atoms with van der Waals surface area (Å²) < 4.78 is 11.1. The molecule has 2 nitrogen and oxygen atoms in total. The highest BCUT2D eigenvalue weighted by Gasteiger charge is 2.40. The third kappa shape index (κ3) is 2.05. The summed E-state index contributed by atoms with van der Waals surface area (Å²) in [4.78, 5) is 0. The van der Waals surface area contributed by atoms with Gasteiger partial charge in [-0.3, -0.25) is 0 Å². The van der Waals surface area contributed by atoms with Crippen LogP contribution in [-0.4, -0.2) is 19.5 Å². The van der Waals surface area contributed by atoms with Gasteiger partial charge in [0, 0.05) is 5.92 Å². The molecule has 76 valence electrons. The van der Waals surface area contributed by atoms with E-state index in [0.29, 0.717) is 5.92 Å². The van der Waals surface area contributed by atoms with Crippen molar-refractivity contribution < 1.29 is 9.47 Å². The Bertz CT molecular complexity index is 167. The van der Waals surface area contributed by atoms with Gasteiger partial charge in [0.05, 0.1) is 13.2 Å². The Morgan fingerprint density at radius 1 is 1.31 bits per heavy atom. The van der Waals surface area contributed by atoms with Crippen molar-refractivity contribution in [1.82, 2.24) is 0 Å². The molecular weight excluding hydrogens is 164 g/mol. The first-order valence-electron chi connectivity index (χ1n) is 5.50. The maximum absolute atomic E-state index is 5.60. The van der Waals surface area contributed by atoms with Crippen LogP contribution in [0.5, 0.6) is 0 Å². The van der Waals surface area contributed by atoms with Crippen molar-refractivity contribution in [3.63, 3.8) is 0 Å². The van der Waals surface area contributed by atoms with Crippen LogP contribution in [0.4, 0.5) is 0 Å². The van der Waals surface area contributed by atoms with E-state index < -0.39 is 0 Å². The van der Waals surface area contributed by atoms with Gasteiger partial charge in [-0.15, -0.1) is 0 Å². The number of ether oxygens (including phenoxy) is 2. The van der Waals surface area contributed by atoms with E-state index in [1.807, 2.05) is 0 Å². The lowest BCUT2D eigenvalue weighted by molar-refractivity contribution is -0.0905. The molecule has 0 bridgehead atoms. The minimum Gasteiger partial charge on any atom is -0.352 e. The minimum absolute atomic E-state index is 0.150. The Hall–Kier alpha value is -0.0800. The monoisotopic (exact) mass is 184 g/mol. The molecule has 0 radical (unpaired) electrons. The lowest BCUT2D eigenvalue weighted by atomic mass is 9.87. The summed E-state index contributed by atoms with van der Waals surface area (Å²) in [6, 6.07) is 0. The van der Waals surface area contributed by atoms with Crippen molar-refractivity contribution in [2.75, 3.05) is 13.2 Å². The number of hydrogen-bond donors (Lipinski definition) is 0. The van der Waals surface area contributed by atoms with Crippen LogP contribution in [-0.2, 0) is 9.47 Å². The predicted molar refractivity (Wildman–Crippen MR) is 51.4 cm³/mol. The molecule has 0 saturated carbocycles. The zero-order valence-electron chi connectivity index (χ0n) is 8.66. The quantitative estimate of drug-likeness (QED) is 0.670. The fraction of sp³-hybridized carbons (Fsp3) is 1.00. The van der Waals surface area contributed by atoms with Crippen molar-refractivity contribution >= 4 is 0 Å². The fourth-order valence-electron chi connectivity index (χ4n) is 2.40. The largest absolute Gasteiger partial charge is 0.352 e. The molecule has 3 atom stereocenters. The van der Waals surface area contributed by atoms with Crippen molar-refractivity contribution in [3.05, 3.63) is 0 Å². The zero-order valence-corrected chi connectivity index (χ0v) is 8.66. The molecule has 2 fully saturated rings. The van der Waals surface area contributed by atoms with Crippen LogP contribution in [0.15, 0.2) is 0 Å². The van der Waals surface area contributed by atoms with E-state index >= 15 is 0 Å². The average molecular weight is 184 g/mol. The number of fused-ring (bicyclic) bond motifs is 1. The predicted octanol–water partition coefficient (Wildman–Crippen LogP) is 2.43. The molecule has 0 aromatic carbocycles. The molecule has 0 amide bonds. The molecule has 0 aliphatic carbocycles. The molecule has 0 spiro atoms. The summed E-state index contributed by atoms with van der Waals surface area (Å²) in [6.07, 6.45) is 4.02. The Labute approximate surface area is 80.6 Å². The maximum Gasteiger partial charge on any atom is 0.160 e. The third-order valence-corrected chi connectivity index (χ3v) is 3.28. The van der Waals surface area contributed by atoms with Gasteiger partial charge in [-0.25, -0.2) is 0 Å². The summed E-state index contributed by atoms with van der Waals surface area (Å²) in [5.74, 6) is 2.30. The standard InChI is InChI=1S/C11H20O2/c1-8(2)3-4-9-7-13-11-10(9)5-6-12-11/h8-11H,3-7H2,1-2H3. The molecule has 2 heterocycles. The fourth-order valence-corrected chi connectivity index (χ4v) is 2.40. The Morgan fingerprint density at radius 2 is 2.15 bits per heavy atom. The third-order valence-electron chi connectivity index (χ3n) is 3.28. The van der Waals surface area contributed by atoms with E-state index in [1.54, 1.807) is 0 Å². The maximum atomic E-state index is 5.60. The van der Waals surface area contributed by atoms with Gasteiger partial charge in [-0.2, -0.15) is 0 Å². The van der Waals surface area contributed by atoms with Crippen molar-refractivity contribution in [2.45, 2.75) is 39.4 Å². The van der Waals surface area contributed by atoms with E-state index in [2.05, 4.69) is 13.8 Å². The molecule has 2 heteroatoms. The van der Waals surface area contributed by atoms with Crippen molar-refractivity contribution in [3.8, 4) is 0 Å². The van der Waals surface area contributed by atoms with Gasteiger partial charge in [-0.1, -0.05) is 20.3 Å². The van der Waals surface area contributed by atoms with Crippen LogP contribution in [0.3, 0.4) is 0 Å². The zero-order chi connectivity index (χ0) is 9.26. The second-order valence-electron chi connectivity index (χ2n) is 4.76. The normalized spacial score (nSPS) is 38.5. The van der Waals surface area contributed by atoms with Crippen LogP contribution in [0.25, 0.3) is 0 Å². The molecule has 13 heavy (non-hydrogen) atoms. The molecular formula is C11H20O2. The van der Waals surface area contributed by atoms with Gasteiger partial charge in [0.1, 0.15) is 0 Å². The first-order valence-corrected chi connectivity index (χ1v) is 5.50. The van der Waals surface area contributed by atoms with E-state index in [0.717, 1.165) is 25.0 Å². The second kappa shape index (κ2) is 3.97. The lowest BCUT2D eigenvalue weighted by Gasteiger charge is -2.15. The summed E-state index contributed by atoms with van der Waals surface area (Å²) in [6.45, 7) is 6.42. The van der Waals surface area contributed by atoms with Crippen molar-refractivity contribution in [1.29, 1.82) is 0 Å². The molecule has 0 aromatic heterocycles. The van der Waals surface area contributed by atoms with Gasteiger partial charge in [-0.05, 0) is 24.7 Å². The first-order chi connectivity index (χ1) is 6.27. The summed E-state index contributed by atoms with van der Waals surface area (Å²) >= 11 is 0. The molecule has 0 aromatic rings. The van der Waals surface area contributed by atoms with Gasteiger partial charge in [0.2, 0.25) is 0 Å². The molecule has 0 N–H and O–H groups in total.